The van der Waals surface area contributed by atoms with Gasteiger partial charge >= 0.3 is 5.97 Å². The van der Waals surface area contributed by atoms with Crippen molar-refractivity contribution in [2.45, 2.75) is 32.4 Å². The fraction of sp³-hybridized carbons (Fsp3) is 0.556. The third-order valence-corrected chi connectivity index (χ3v) is 5.10. The average Bonchev–Trinajstić information content (AvgIpc) is 3.02. The molecule has 0 aliphatic carbocycles. The number of esters is 1. The van der Waals surface area contributed by atoms with Gasteiger partial charge in [-0.1, -0.05) is 19.9 Å². The molecule has 2 aliphatic heterocycles. The van der Waals surface area contributed by atoms with E-state index in [1.54, 1.807) is 12.1 Å². The first-order valence-corrected chi connectivity index (χ1v) is 8.81. The molecule has 1 fully saturated rings. The summed E-state index contributed by atoms with van der Waals surface area (Å²) in [6.45, 7) is 6.13. The summed E-state index contributed by atoms with van der Waals surface area (Å²) in [7, 11) is 0. The number of para-hydroxylation sites is 1. The quantitative estimate of drug-likeness (QED) is 0.603. The molecule has 2 heterocycles. The van der Waals surface area contributed by atoms with Crippen LogP contribution in [0.15, 0.2) is 18.2 Å². The maximum absolute atomic E-state index is 12.6. The van der Waals surface area contributed by atoms with Crippen molar-refractivity contribution in [2.75, 3.05) is 30.3 Å². The Morgan fingerprint density at radius 1 is 1.28 bits per heavy atom. The Kier molecular flexibility index (Phi) is 4.85. The molecule has 0 spiro atoms. The Balaban J connectivity index is 1.76. The van der Waals surface area contributed by atoms with Crippen molar-refractivity contribution in [3.63, 3.8) is 0 Å². The van der Waals surface area contributed by atoms with Gasteiger partial charge in [0.15, 0.2) is 5.66 Å². The fourth-order valence-electron chi connectivity index (χ4n) is 3.42. The van der Waals surface area contributed by atoms with Gasteiger partial charge in [-0.15, -0.1) is 0 Å². The number of rotatable bonds is 5. The van der Waals surface area contributed by atoms with E-state index in [2.05, 4.69) is 16.0 Å². The van der Waals surface area contributed by atoms with Gasteiger partial charge in [0.05, 0.1) is 23.5 Å². The van der Waals surface area contributed by atoms with E-state index in [1.807, 2.05) is 19.9 Å². The zero-order valence-corrected chi connectivity index (χ0v) is 14.7. The van der Waals surface area contributed by atoms with Crippen molar-refractivity contribution in [1.29, 1.82) is 0 Å². The molecule has 0 saturated carbocycles. The number of amides is 1. The van der Waals surface area contributed by atoms with E-state index in [4.69, 9.17) is 10.5 Å². The minimum absolute atomic E-state index is 0.101. The zero-order chi connectivity index (χ0) is 18.0. The van der Waals surface area contributed by atoms with Crippen molar-refractivity contribution in [3.05, 3.63) is 23.8 Å². The average molecular weight is 346 g/mol. The minimum Gasteiger partial charge on any atom is -0.462 e. The third-order valence-electron chi connectivity index (χ3n) is 5.10. The summed E-state index contributed by atoms with van der Waals surface area (Å²) in [4.78, 5) is 24.6. The standard InChI is InChI=1S/C18H26N4O3/c1-11(2)18(17(19)24)21-14-5-3-4-13(15(14)22-18)16(23)25-10-12-6-8-20-9-7-12/h3-5,11-12,20-22H,6-10H2,1-2H3,(H2,19,24). The van der Waals surface area contributed by atoms with Crippen molar-refractivity contribution < 1.29 is 14.3 Å². The highest BCUT2D eigenvalue weighted by molar-refractivity contribution is 6.05. The first-order valence-electron chi connectivity index (χ1n) is 8.81. The van der Waals surface area contributed by atoms with Crippen LogP contribution in [-0.2, 0) is 9.53 Å². The Labute approximate surface area is 147 Å². The maximum atomic E-state index is 12.6. The van der Waals surface area contributed by atoms with Gasteiger partial charge in [-0.3, -0.25) is 4.79 Å². The van der Waals surface area contributed by atoms with Crippen LogP contribution < -0.4 is 21.7 Å². The molecule has 1 unspecified atom stereocenters. The number of ether oxygens (including phenoxy) is 1. The van der Waals surface area contributed by atoms with Gasteiger partial charge in [0, 0.05) is 5.92 Å². The molecule has 0 bridgehead atoms. The van der Waals surface area contributed by atoms with E-state index in [0.717, 1.165) is 25.9 Å². The number of carbonyl (C=O) groups is 2. The Bertz CT molecular complexity index is 670. The van der Waals surface area contributed by atoms with Crippen LogP contribution in [-0.4, -0.2) is 37.2 Å². The molecule has 7 nitrogen and oxygen atoms in total. The molecule has 1 aromatic carbocycles. The number of nitrogens with two attached hydrogens (primary N) is 1. The van der Waals surface area contributed by atoms with Gasteiger partial charge in [0.1, 0.15) is 0 Å². The van der Waals surface area contributed by atoms with Gasteiger partial charge in [-0.25, -0.2) is 4.79 Å². The lowest BCUT2D eigenvalue weighted by molar-refractivity contribution is -0.122. The number of hydrogen-bond acceptors (Lipinski definition) is 6. The van der Waals surface area contributed by atoms with Crippen LogP contribution in [0.25, 0.3) is 0 Å². The highest BCUT2D eigenvalue weighted by atomic mass is 16.5. The van der Waals surface area contributed by atoms with E-state index in [0.29, 0.717) is 29.5 Å². The van der Waals surface area contributed by atoms with Gasteiger partial charge < -0.3 is 26.4 Å². The van der Waals surface area contributed by atoms with Crippen molar-refractivity contribution in [2.24, 2.45) is 17.6 Å². The summed E-state index contributed by atoms with van der Waals surface area (Å²) in [6.07, 6.45) is 2.02. The molecular formula is C18H26N4O3. The summed E-state index contributed by atoms with van der Waals surface area (Å²) in [5.74, 6) is -0.592. The van der Waals surface area contributed by atoms with E-state index >= 15 is 0 Å². The Hall–Kier alpha value is -2.28. The molecule has 0 aromatic heterocycles. The number of benzene rings is 1. The van der Waals surface area contributed by atoms with Crippen LogP contribution in [0.4, 0.5) is 11.4 Å². The SMILES string of the molecule is CC(C)C1(C(N)=O)Nc2cccc(C(=O)OCC3CCNCC3)c2N1. The van der Waals surface area contributed by atoms with Crippen molar-refractivity contribution >= 4 is 23.3 Å². The minimum atomic E-state index is -1.10. The van der Waals surface area contributed by atoms with Gasteiger partial charge in [-0.2, -0.15) is 0 Å². The first-order chi connectivity index (χ1) is 11.9. The Morgan fingerprint density at radius 2 is 2.00 bits per heavy atom. The highest BCUT2D eigenvalue weighted by Crippen LogP contribution is 2.40. The number of anilines is 2. The van der Waals surface area contributed by atoms with Gasteiger partial charge in [-0.05, 0) is 44.0 Å². The molecule has 1 saturated heterocycles. The monoisotopic (exact) mass is 346 g/mol. The van der Waals surface area contributed by atoms with Gasteiger partial charge in [0.2, 0.25) is 0 Å². The zero-order valence-electron chi connectivity index (χ0n) is 14.7. The molecule has 5 N–H and O–H groups in total. The maximum Gasteiger partial charge on any atom is 0.340 e. The predicted octanol–water partition coefficient (Wildman–Crippen LogP) is 1.52. The summed E-state index contributed by atoms with van der Waals surface area (Å²) in [6, 6.07) is 5.29. The molecule has 1 atom stereocenters. The van der Waals surface area contributed by atoms with Crippen LogP contribution in [0.2, 0.25) is 0 Å². The number of piperidine rings is 1. The smallest absolute Gasteiger partial charge is 0.340 e. The molecule has 3 rings (SSSR count). The van der Waals surface area contributed by atoms with E-state index in [9.17, 15) is 9.59 Å². The van der Waals surface area contributed by atoms with Crippen LogP contribution in [0.5, 0.6) is 0 Å². The second-order valence-corrected chi connectivity index (χ2v) is 7.10. The van der Waals surface area contributed by atoms with Crippen molar-refractivity contribution in [1.82, 2.24) is 5.32 Å². The van der Waals surface area contributed by atoms with Crippen LogP contribution in [0.3, 0.4) is 0 Å². The number of hydrogen-bond donors (Lipinski definition) is 4. The first kappa shape index (κ1) is 17.5. The van der Waals surface area contributed by atoms with Crippen LogP contribution >= 0.6 is 0 Å². The third kappa shape index (κ3) is 3.28. The number of nitrogens with one attached hydrogen (secondary N) is 3. The second kappa shape index (κ2) is 6.92. The Morgan fingerprint density at radius 3 is 2.64 bits per heavy atom. The van der Waals surface area contributed by atoms with Crippen LogP contribution in [0, 0.1) is 11.8 Å². The lowest BCUT2D eigenvalue weighted by Crippen LogP contribution is -2.57. The molecule has 2 aliphatic rings. The van der Waals surface area contributed by atoms with Crippen LogP contribution in [0.1, 0.15) is 37.0 Å². The van der Waals surface area contributed by atoms with E-state index in [1.165, 1.54) is 0 Å². The second-order valence-electron chi connectivity index (χ2n) is 7.10. The molecule has 136 valence electrons. The molecule has 1 amide bonds. The molecule has 7 heteroatoms. The molecule has 1 aromatic rings. The molecule has 0 radical (unpaired) electrons. The number of primary amides is 1. The number of carbonyl (C=O) groups excluding carboxylic acids is 2. The van der Waals surface area contributed by atoms with E-state index in [-0.39, 0.29) is 11.9 Å². The lowest BCUT2D eigenvalue weighted by Gasteiger charge is -2.31. The van der Waals surface area contributed by atoms with E-state index < -0.39 is 11.6 Å². The normalized spacial score (nSPS) is 22.8. The predicted molar refractivity (Wildman–Crippen MR) is 96.3 cm³/mol. The molecule has 25 heavy (non-hydrogen) atoms. The topological polar surface area (TPSA) is 105 Å². The fourth-order valence-corrected chi connectivity index (χ4v) is 3.42. The summed E-state index contributed by atoms with van der Waals surface area (Å²) in [5, 5.41) is 9.58. The summed E-state index contributed by atoms with van der Waals surface area (Å²) >= 11 is 0. The molecular weight excluding hydrogens is 320 g/mol. The number of fused-ring (bicyclic) bond motifs is 1. The largest absolute Gasteiger partial charge is 0.462 e. The highest BCUT2D eigenvalue weighted by Gasteiger charge is 2.46. The van der Waals surface area contributed by atoms with Crippen molar-refractivity contribution in [3.8, 4) is 0 Å². The summed E-state index contributed by atoms with van der Waals surface area (Å²) in [5.41, 5.74) is 6.18. The van der Waals surface area contributed by atoms with Gasteiger partial charge in [0.25, 0.3) is 5.91 Å². The summed E-state index contributed by atoms with van der Waals surface area (Å²) < 4.78 is 5.53. The lowest BCUT2D eigenvalue weighted by atomic mass is 9.96.